The van der Waals surface area contributed by atoms with Crippen molar-refractivity contribution in [2.45, 2.75) is 38.3 Å². The molecule has 1 unspecified atom stereocenters. The molecule has 1 fully saturated rings. The fraction of sp³-hybridized carbons (Fsp3) is 0.304. The van der Waals surface area contributed by atoms with Crippen LogP contribution in [0, 0.1) is 0 Å². The van der Waals surface area contributed by atoms with Crippen LogP contribution < -0.4 is 9.47 Å². The van der Waals surface area contributed by atoms with Crippen molar-refractivity contribution in [1.29, 1.82) is 0 Å². The van der Waals surface area contributed by atoms with Crippen molar-refractivity contribution in [3.63, 3.8) is 0 Å². The fourth-order valence-electron chi connectivity index (χ4n) is 3.21. The number of aromatic nitrogens is 2. The van der Waals surface area contributed by atoms with Crippen LogP contribution in [0.25, 0.3) is 11.4 Å². The lowest BCUT2D eigenvalue weighted by Crippen LogP contribution is -2.25. The van der Waals surface area contributed by atoms with Gasteiger partial charge in [-0.3, -0.25) is 0 Å². The van der Waals surface area contributed by atoms with E-state index >= 15 is 0 Å². The summed E-state index contributed by atoms with van der Waals surface area (Å²) in [4.78, 5) is 7.71. The van der Waals surface area contributed by atoms with Crippen molar-refractivity contribution in [3.8, 4) is 22.9 Å². The maximum Gasteiger partial charge on any atom is 0.433 e. The first-order valence-corrected chi connectivity index (χ1v) is 10.5. The minimum atomic E-state index is -4.58. The van der Waals surface area contributed by atoms with Gasteiger partial charge in [-0.1, -0.05) is 23.7 Å². The monoisotopic (exact) mass is 464 g/mol. The van der Waals surface area contributed by atoms with E-state index in [0.29, 0.717) is 35.1 Å². The average Bonchev–Trinajstić information content (AvgIpc) is 2.79. The van der Waals surface area contributed by atoms with E-state index in [1.165, 1.54) is 0 Å². The molecule has 1 atom stereocenters. The molecule has 0 bridgehead atoms. The van der Waals surface area contributed by atoms with Gasteiger partial charge in [0.25, 0.3) is 0 Å². The third-order valence-corrected chi connectivity index (χ3v) is 5.11. The van der Waals surface area contributed by atoms with Crippen molar-refractivity contribution >= 4 is 11.6 Å². The van der Waals surface area contributed by atoms with E-state index in [1.807, 2.05) is 12.1 Å². The standard InChI is InChI=1S/C23H20ClF3N2O3/c24-16-6-4-15(5-7-16)14-31-17-8-9-18(19(13-17)32-21-3-1-2-12-30-21)22-28-11-10-20(29-22)23(25,26)27/h4-11,13,21H,1-3,12,14H2. The molecule has 5 nitrogen and oxygen atoms in total. The summed E-state index contributed by atoms with van der Waals surface area (Å²) in [6.45, 7) is 0.850. The lowest BCUT2D eigenvalue weighted by Gasteiger charge is -2.24. The number of benzene rings is 2. The Kier molecular flexibility index (Phi) is 6.81. The predicted molar refractivity (Wildman–Crippen MR) is 112 cm³/mol. The molecule has 0 spiro atoms. The van der Waals surface area contributed by atoms with Crippen molar-refractivity contribution in [1.82, 2.24) is 9.97 Å². The van der Waals surface area contributed by atoms with Gasteiger partial charge in [-0.25, -0.2) is 9.97 Å². The zero-order valence-electron chi connectivity index (χ0n) is 16.9. The van der Waals surface area contributed by atoms with E-state index in [4.69, 9.17) is 25.8 Å². The van der Waals surface area contributed by atoms with Crippen molar-refractivity contribution in [2.24, 2.45) is 0 Å². The first-order chi connectivity index (χ1) is 15.4. The Labute approximate surface area is 188 Å². The maximum absolute atomic E-state index is 13.1. The largest absolute Gasteiger partial charge is 0.489 e. The van der Waals surface area contributed by atoms with Gasteiger partial charge in [-0.15, -0.1) is 0 Å². The molecule has 0 aliphatic carbocycles. The molecule has 0 saturated carbocycles. The van der Waals surface area contributed by atoms with Crippen LogP contribution in [0.3, 0.4) is 0 Å². The molecule has 32 heavy (non-hydrogen) atoms. The molecule has 1 aromatic heterocycles. The molecule has 1 saturated heterocycles. The normalized spacial score (nSPS) is 16.6. The van der Waals surface area contributed by atoms with Gasteiger partial charge < -0.3 is 14.2 Å². The van der Waals surface area contributed by atoms with E-state index in [2.05, 4.69) is 9.97 Å². The average molecular weight is 465 g/mol. The van der Waals surface area contributed by atoms with E-state index < -0.39 is 18.2 Å². The summed E-state index contributed by atoms with van der Waals surface area (Å²) in [6, 6.07) is 12.9. The van der Waals surface area contributed by atoms with E-state index in [9.17, 15) is 13.2 Å². The van der Waals surface area contributed by atoms with Gasteiger partial charge in [-0.2, -0.15) is 13.2 Å². The Morgan fingerprint density at radius 1 is 1.06 bits per heavy atom. The van der Waals surface area contributed by atoms with Gasteiger partial charge in [0.1, 0.15) is 23.8 Å². The minimum absolute atomic E-state index is 0.0881. The summed E-state index contributed by atoms with van der Waals surface area (Å²) in [7, 11) is 0. The highest BCUT2D eigenvalue weighted by Gasteiger charge is 2.33. The number of hydrogen-bond acceptors (Lipinski definition) is 5. The second-order valence-electron chi connectivity index (χ2n) is 7.25. The highest BCUT2D eigenvalue weighted by molar-refractivity contribution is 6.30. The molecular formula is C23H20ClF3N2O3. The number of ether oxygens (including phenoxy) is 3. The van der Waals surface area contributed by atoms with Crippen LogP contribution in [0.1, 0.15) is 30.5 Å². The van der Waals surface area contributed by atoms with Crippen LogP contribution in [-0.4, -0.2) is 22.9 Å². The summed E-state index contributed by atoms with van der Waals surface area (Å²) in [5.41, 5.74) is 0.215. The summed E-state index contributed by atoms with van der Waals surface area (Å²) in [5, 5.41) is 0.627. The van der Waals surface area contributed by atoms with Gasteiger partial charge in [0.05, 0.1) is 12.2 Å². The Morgan fingerprint density at radius 2 is 1.88 bits per heavy atom. The maximum atomic E-state index is 13.1. The number of nitrogens with zero attached hydrogens (tertiary/aromatic N) is 2. The number of rotatable bonds is 6. The first kappa shape index (κ1) is 22.4. The second kappa shape index (κ2) is 9.75. The van der Waals surface area contributed by atoms with Crippen LogP contribution in [0.4, 0.5) is 13.2 Å². The lowest BCUT2D eigenvalue weighted by molar-refractivity contribution is -0.141. The third-order valence-electron chi connectivity index (χ3n) is 4.86. The van der Waals surface area contributed by atoms with Crippen LogP contribution in [0.2, 0.25) is 5.02 Å². The summed E-state index contributed by atoms with van der Waals surface area (Å²) in [6.07, 6.45) is -1.44. The zero-order chi connectivity index (χ0) is 22.6. The molecule has 2 heterocycles. The Bertz CT molecular complexity index is 1060. The molecule has 0 N–H and O–H groups in total. The van der Waals surface area contributed by atoms with E-state index in [-0.39, 0.29) is 12.4 Å². The third kappa shape index (κ3) is 5.69. The number of alkyl halides is 3. The Morgan fingerprint density at radius 3 is 2.59 bits per heavy atom. The number of hydrogen-bond donors (Lipinski definition) is 0. The minimum Gasteiger partial charge on any atom is -0.489 e. The second-order valence-corrected chi connectivity index (χ2v) is 7.69. The Hall–Kier alpha value is -2.84. The van der Waals surface area contributed by atoms with Crippen LogP contribution in [0.5, 0.6) is 11.5 Å². The topological polar surface area (TPSA) is 53.5 Å². The van der Waals surface area contributed by atoms with Crippen LogP contribution in [0.15, 0.2) is 54.7 Å². The zero-order valence-corrected chi connectivity index (χ0v) is 17.7. The highest BCUT2D eigenvalue weighted by Crippen LogP contribution is 2.35. The van der Waals surface area contributed by atoms with Gasteiger partial charge in [0.2, 0.25) is 0 Å². The van der Waals surface area contributed by atoms with Gasteiger partial charge >= 0.3 is 6.18 Å². The number of halogens is 4. The van der Waals surface area contributed by atoms with E-state index in [1.54, 1.807) is 30.3 Å². The molecule has 4 rings (SSSR count). The SMILES string of the molecule is FC(F)(F)c1ccnc(-c2ccc(OCc3ccc(Cl)cc3)cc2OC2CCCCO2)n1. The predicted octanol–water partition coefficient (Wildman–Crippen LogP) is 6.30. The fourth-order valence-corrected chi connectivity index (χ4v) is 3.34. The quantitative estimate of drug-likeness (QED) is 0.428. The molecule has 1 aliphatic heterocycles. The smallest absolute Gasteiger partial charge is 0.433 e. The van der Waals surface area contributed by atoms with Crippen molar-refractivity contribution in [3.05, 3.63) is 71.0 Å². The molecule has 3 aromatic rings. The summed E-state index contributed by atoms with van der Waals surface area (Å²) in [5.74, 6) is 0.696. The Balaban J connectivity index is 1.62. The van der Waals surface area contributed by atoms with Crippen LogP contribution in [-0.2, 0) is 17.5 Å². The van der Waals surface area contributed by atoms with Crippen molar-refractivity contribution in [2.75, 3.05) is 6.61 Å². The first-order valence-electron chi connectivity index (χ1n) is 10.1. The van der Waals surface area contributed by atoms with Crippen molar-refractivity contribution < 1.29 is 27.4 Å². The van der Waals surface area contributed by atoms with Crippen LogP contribution >= 0.6 is 11.6 Å². The van der Waals surface area contributed by atoms with Gasteiger partial charge in [0, 0.05) is 23.7 Å². The van der Waals surface area contributed by atoms with E-state index in [0.717, 1.165) is 30.7 Å². The van der Waals surface area contributed by atoms with Gasteiger partial charge in [0.15, 0.2) is 12.1 Å². The highest BCUT2D eigenvalue weighted by atomic mass is 35.5. The molecule has 0 amide bonds. The molecule has 0 radical (unpaired) electrons. The molecule has 9 heteroatoms. The van der Waals surface area contributed by atoms with Gasteiger partial charge in [-0.05, 0) is 48.7 Å². The summed E-state index contributed by atoms with van der Waals surface area (Å²) < 4.78 is 56.9. The molecule has 2 aromatic carbocycles. The molecule has 168 valence electrons. The molecule has 1 aliphatic rings. The molecular weight excluding hydrogens is 445 g/mol. The summed E-state index contributed by atoms with van der Waals surface area (Å²) >= 11 is 5.91. The lowest BCUT2D eigenvalue weighted by atomic mass is 10.1.